The summed E-state index contributed by atoms with van der Waals surface area (Å²) in [6, 6.07) is 8.03. The number of nitrogens with two attached hydrogens (primary N) is 1. The van der Waals surface area contributed by atoms with Gasteiger partial charge in [-0.1, -0.05) is 18.2 Å². The van der Waals surface area contributed by atoms with Crippen LogP contribution in [0, 0.1) is 0 Å². The number of nitrogens with one attached hydrogen (secondary N) is 1. The third-order valence-corrected chi connectivity index (χ3v) is 3.54. The van der Waals surface area contributed by atoms with E-state index < -0.39 is 30.6 Å². The smallest absolute Gasteiger partial charge is 0.372 e. The van der Waals surface area contributed by atoms with Crippen molar-refractivity contribution in [1.82, 2.24) is 5.32 Å². The Morgan fingerprint density at radius 1 is 1.31 bits per heavy atom. The molecule has 0 fully saturated rings. The van der Waals surface area contributed by atoms with E-state index in [0.29, 0.717) is 5.69 Å². The first-order valence-corrected chi connectivity index (χ1v) is 7.91. The second-order valence-electron chi connectivity index (χ2n) is 5.63. The van der Waals surface area contributed by atoms with Crippen LogP contribution in [0.3, 0.4) is 0 Å². The largest absolute Gasteiger partial charge is 0.411 e. The lowest BCUT2D eigenvalue weighted by Gasteiger charge is -2.20. The molecule has 2 amide bonds. The zero-order valence-electron chi connectivity index (χ0n) is 13.8. The van der Waals surface area contributed by atoms with Crippen LogP contribution < -0.4 is 16.1 Å². The molecule has 2 rings (SSSR count). The quantitative estimate of drug-likeness (QED) is 0.670. The van der Waals surface area contributed by atoms with E-state index in [2.05, 4.69) is 15.2 Å². The summed E-state index contributed by atoms with van der Waals surface area (Å²) in [7, 11) is 0. The molecular weight excluding hydrogens is 353 g/mol. The molecule has 0 radical (unpaired) electrons. The van der Waals surface area contributed by atoms with Crippen molar-refractivity contribution in [2.75, 3.05) is 24.8 Å². The molecule has 10 heteroatoms. The van der Waals surface area contributed by atoms with Gasteiger partial charge in [-0.15, -0.1) is 0 Å². The van der Waals surface area contributed by atoms with Crippen LogP contribution in [0.4, 0.5) is 18.9 Å². The number of primary amides is 1. The molecule has 1 heterocycles. The number of anilines is 1. The van der Waals surface area contributed by atoms with Crippen LogP contribution in [0.25, 0.3) is 0 Å². The number of hydrazone groups is 1. The van der Waals surface area contributed by atoms with Gasteiger partial charge in [-0.2, -0.15) is 18.3 Å². The highest BCUT2D eigenvalue weighted by atomic mass is 19.4. The van der Waals surface area contributed by atoms with Crippen molar-refractivity contribution < 1.29 is 27.5 Å². The molecular formula is C16H19F3N4O3. The number of rotatable bonds is 8. The first-order valence-electron chi connectivity index (χ1n) is 7.91. The van der Waals surface area contributed by atoms with Crippen LogP contribution >= 0.6 is 0 Å². The summed E-state index contributed by atoms with van der Waals surface area (Å²) in [6.07, 6.45) is -4.09. The van der Waals surface area contributed by atoms with E-state index in [1.54, 1.807) is 30.3 Å². The Morgan fingerprint density at radius 3 is 2.62 bits per heavy atom. The van der Waals surface area contributed by atoms with Gasteiger partial charge >= 0.3 is 6.18 Å². The van der Waals surface area contributed by atoms with Crippen molar-refractivity contribution in [2.45, 2.75) is 25.1 Å². The molecule has 1 aliphatic heterocycles. The summed E-state index contributed by atoms with van der Waals surface area (Å²) in [5.74, 6) is -1.11. The van der Waals surface area contributed by atoms with Gasteiger partial charge in [0.15, 0.2) is 0 Å². The van der Waals surface area contributed by atoms with E-state index in [1.807, 2.05) is 0 Å². The first kappa shape index (κ1) is 19.7. The van der Waals surface area contributed by atoms with Crippen molar-refractivity contribution in [3.05, 3.63) is 30.3 Å². The maximum Gasteiger partial charge on any atom is 0.411 e. The number of carbonyl (C=O) groups excluding carboxylic acids is 2. The molecule has 0 aromatic heterocycles. The summed E-state index contributed by atoms with van der Waals surface area (Å²) in [5, 5.41) is 8.10. The number of benzene rings is 1. The zero-order chi connectivity index (χ0) is 19.2. The summed E-state index contributed by atoms with van der Waals surface area (Å²) < 4.78 is 40.2. The number of hydrogen-bond acceptors (Lipinski definition) is 5. The number of nitrogens with zero attached hydrogens (tertiary/aromatic N) is 2. The van der Waals surface area contributed by atoms with Gasteiger partial charge in [0.2, 0.25) is 5.91 Å². The number of amides is 2. The Morgan fingerprint density at radius 2 is 2.00 bits per heavy atom. The normalized spacial score (nSPS) is 17.1. The zero-order valence-corrected chi connectivity index (χ0v) is 13.8. The van der Waals surface area contributed by atoms with Crippen LogP contribution in [0.5, 0.6) is 0 Å². The van der Waals surface area contributed by atoms with Crippen molar-refractivity contribution in [2.24, 2.45) is 10.8 Å². The van der Waals surface area contributed by atoms with Gasteiger partial charge in [0.25, 0.3) is 5.91 Å². The lowest BCUT2D eigenvalue weighted by molar-refractivity contribution is -0.174. The molecule has 0 bridgehead atoms. The number of ether oxygens (including phenoxy) is 1. The van der Waals surface area contributed by atoms with Crippen LogP contribution in [-0.2, 0) is 14.3 Å². The minimum absolute atomic E-state index is 0.0562. The number of hydrogen-bond donors (Lipinski definition) is 2. The summed E-state index contributed by atoms with van der Waals surface area (Å²) in [5.41, 5.74) is 6.14. The maximum absolute atomic E-state index is 12.1. The van der Waals surface area contributed by atoms with Crippen molar-refractivity contribution in [3.63, 3.8) is 0 Å². The molecule has 0 aliphatic carbocycles. The monoisotopic (exact) mass is 372 g/mol. The van der Waals surface area contributed by atoms with Crippen molar-refractivity contribution >= 4 is 23.2 Å². The van der Waals surface area contributed by atoms with Crippen molar-refractivity contribution in [1.29, 1.82) is 0 Å². The Labute approximate surface area is 148 Å². The Hall–Kier alpha value is -2.62. The molecule has 1 aromatic carbocycles. The van der Waals surface area contributed by atoms with E-state index >= 15 is 0 Å². The number of alkyl halides is 3. The fraction of sp³-hybridized carbons (Fsp3) is 0.438. The number of carbonyl (C=O) groups is 2. The Balaban J connectivity index is 1.85. The van der Waals surface area contributed by atoms with E-state index in [0.717, 1.165) is 0 Å². The second kappa shape index (κ2) is 8.65. The Bertz CT molecular complexity index is 664. The average molecular weight is 372 g/mol. The maximum atomic E-state index is 12.1. The fourth-order valence-corrected chi connectivity index (χ4v) is 2.35. The minimum Gasteiger partial charge on any atom is -0.372 e. The van der Waals surface area contributed by atoms with Gasteiger partial charge in [0, 0.05) is 19.6 Å². The van der Waals surface area contributed by atoms with Gasteiger partial charge in [-0.05, 0) is 18.6 Å². The predicted octanol–water partition coefficient (Wildman–Crippen LogP) is 1.19. The minimum atomic E-state index is -4.37. The highest BCUT2D eigenvalue weighted by Crippen LogP contribution is 2.24. The predicted molar refractivity (Wildman–Crippen MR) is 88.5 cm³/mol. The number of para-hydroxylation sites is 1. The molecule has 142 valence electrons. The molecule has 0 saturated carbocycles. The van der Waals surface area contributed by atoms with Gasteiger partial charge < -0.3 is 15.8 Å². The van der Waals surface area contributed by atoms with E-state index in [4.69, 9.17) is 5.73 Å². The molecule has 1 aliphatic rings. The average Bonchev–Trinajstić information content (AvgIpc) is 3.03. The summed E-state index contributed by atoms with van der Waals surface area (Å²) in [4.78, 5) is 23.8. The van der Waals surface area contributed by atoms with Gasteiger partial charge in [-0.3, -0.25) is 14.6 Å². The lowest BCUT2D eigenvalue weighted by atomic mass is 10.1. The van der Waals surface area contributed by atoms with Gasteiger partial charge in [0.05, 0.1) is 5.69 Å². The topological polar surface area (TPSA) is 97.0 Å². The standard InChI is InChI=1S/C16H19F3N4O3/c17-16(18,19)10-26-8-4-7-21-15(25)12-9-13(14(20)24)23(22-12)11-5-2-1-3-6-11/h1-3,5-6,13H,4,7-10H2,(H2,20,24)(H,21,25). The number of halogens is 3. The summed E-state index contributed by atoms with van der Waals surface area (Å²) in [6.45, 7) is -1.32. The third kappa shape index (κ3) is 5.73. The van der Waals surface area contributed by atoms with Crippen LogP contribution in [0.2, 0.25) is 0 Å². The van der Waals surface area contributed by atoms with Crippen molar-refractivity contribution in [3.8, 4) is 0 Å². The van der Waals surface area contributed by atoms with Crippen LogP contribution in [0.1, 0.15) is 12.8 Å². The first-order chi connectivity index (χ1) is 12.3. The molecule has 1 atom stereocenters. The van der Waals surface area contributed by atoms with Crippen LogP contribution in [-0.4, -0.2) is 49.5 Å². The highest BCUT2D eigenvalue weighted by molar-refractivity contribution is 6.40. The molecule has 1 unspecified atom stereocenters. The SMILES string of the molecule is NC(=O)C1CC(C(=O)NCCCOCC(F)(F)F)=NN1c1ccccc1. The fourth-order valence-electron chi connectivity index (χ4n) is 2.35. The molecule has 26 heavy (non-hydrogen) atoms. The molecule has 0 saturated heterocycles. The van der Waals surface area contributed by atoms with Gasteiger partial charge in [0.1, 0.15) is 18.4 Å². The van der Waals surface area contributed by atoms with E-state index in [-0.39, 0.29) is 31.7 Å². The second-order valence-corrected chi connectivity index (χ2v) is 5.63. The Kier molecular flexibility index (Phi) is 6.56. The van der Waals surface area contributed by atoms with E-state index in [9.17, 15) is 22.8 Å². The van der Waals surface area contributed by atoms with Crippen LogP contribution in [0.15, 0.2) is 35.4 Å². The molecule has 1 aromatic rings. The van der Waals surface area contributed by atoms with E-state index in [1.165, 1.54) is 5.01 Å². The molecule has 7 nitrogen and oxygen atoms in total. The lowest BCUT2D eigenvalue weighted by Crippen LogP contribution is -2.40. The molecule has 3 N–H and O–H groups in total. The summed E-state index contributed by atoms with van der Waals surface area (Å²) >= 11 is 0. The third-order valence-electron chi connectivity index (χ3n) is 3.54. The van der Waals surface area contributed by atoms with Gasteiger partial charge in [-0.25, -0.2) is 0 Å². The molecule has 0 spiro atoms. The highest BCUT2D eigenvalue weighted by Gasteiger charge is 2.34.